The first kappa shape index (κ1) is 30.6. The molecule has 0 spiro atoms. The number of aliphatic hydroxyl groups excluding tert-OH is 4. The second-order valence-electron chi connectivity index (χ2n) is 10.2. The molecule has 1 fully saturated rings. The summed E-state index contributed by atoms with van der Waals surface area (Å²) < 4.78 is 21.9. The Labute approximate surface area is 247 Å². The number of rotatable bonds is 6. The van der Waals surface area contributed by atoms with Gasteiger partial charge < -0.3 is 75.1 Å². The summed E-state index contributed by atoms with van der Waals surface area (Å²) in [5, 5.41) is 111. The number of hydrogen-bond donors (Lipinski definition) is 11. The lowest BCUT2D eigenvalue weighted by molar-refractivity contribution is -0.277. The summed E-state index contributed by atoms with van der Waals surface area (Å²) in [6, 6.07) is 5.96. The number of carbonyl (C=O) groups is 1. The van der Waals surface area contributed by atoms with Gasteiger partial charge >= 0.3 is 5.97 Å². The lowest BCUT2D eigenvalue weighted by atomic mass is 9.93. The summed E-state index contributed by atoms with van der Waals surface area (Å²) in [5.74, 6) is -6.48. The molecule has 11 N–H and O–H groups in total. The van der Waals surface area contributed by atoms with E-state index in [0.29, 0.717) is 0 Å². The van der Waals surface area contributed by atoms with Gasteiger partial charge in [-0.15, -0.1) is 0 Å². The summed E-state index contributed by atoms with van der Waals surface area (Å²) >= 11 is 0. The fourth-order valence-electron chi connectivity index (χ4n) is 4.95. The van der Waals surface area contributed by atoms with Crippen LogP contribution in [0.4, 0.5) is 0 Å². The third-order valence-electron chi connectivity index (χ3n) is 7.21. The van der Waals surface area contributed by atoms with E-state index in [2.05, 4.69) is 0 Å². The summed E-state index contributed by atoms with van der Waals surface area (Å²) in [6.07, 6.45) is -11.2. The molecule has 0 bridgehead atoms. The quantitative estimate of drug-likeness (QED) is 0.125. The standard InChI is InChI=1S/C28H28O16/c29-8-20-22(37)23(38)24(39)28(43-20)44-26-16(34)3-10(4-17(26)35)27(40)42-19-7-12-13(31)5-11(30)6-18(12)41-25(19)9-1-14(32)21(36)15(33)2-9/h1-6,19-20,22-25,28-39H,7-8H2/t19-,20-,22-,23+,24-,25-,28+/m1/s1. The minimum atomic E-state index is -1.86. The molecule has 0 aromatic heterocycles. The molecule has 0 radical (unpaired) electrons. The van der Waals surface area contributed by atoms with E-state index in [4.69, 9.17) is 18.9 Å². The number of esters is 1. The largest absolute Gasteiger partial charge is 0.508 e. The number of phenolic OH excluding ortho intramolecular Hbond substituents is 7. The van der Waals surface area contributed by atoms with Crippen molar-refractivity contribution >= 4 is 5.97 Å². The van der Waals surface area contributed by atoms with Gasteiger partial charge in [0.2, 0.25) is 12.0 Å². The monoisotopic (exact) mass is 620 g/mol. The third-order valence-corrected chi connectivity index (χ3v) is 7.21. The maximum absolute atomic E-state index is 13.2. The fourth-order valence-corrected chi connectivity index (χ4v) is 4.95. The number of phenols is 7. The highest BCUT2D eigenvalue weighted by Gasteiger charge is 2.45. The lowest BCUT2D eigenvalue weighted by Crippen LogP contribution is -2.60. The van der Waals surface area contributed by atoms with E-state index in [1.165, 1.54) is 6.07 Å². The smallest absolute Gasteiger partial charge is 0.338 e. The maximum atomic E-state index is 13.2. The highest BCUT2D eigenvalue weighted by molar-refractivity contribution is 5.91. The van der Waals surface area contributed by atoms with E-state index in [-0.39, 0.29) is 34.8 Å². The number of carbonyl (C=O) groups excluding carboxylic acids is 1. The Hall–Kier alpha value is -4.87. The van der Waals surface area contributed by atoms with Gasteiger partial charge in [0.25, 0.3) is 0 Å². The molecule has 1 saturated heterocycles. The van der Waals surface area contributed by atoms with Crippen molar-refractivity contribution in [1.82, 2.24) is 0 Å². The van der Waals surface area contributed by atoms with Gasteiger partial charge in [0.15, 0.2) is 34.9 Å². The van der Waals surface area contributed by atoms with E-state index in [1.54, 1.807) is 0 Å². The molecule has 0 aliphatic carbocycles. The van der Waals surface area contributed by atoms with Crippen LogP contribution in [0.25, 0.3) is 0 Å². The minimum absolute atomic E-state index is 0.00293. The molecular formula is C28H28O16. The highest BCUT2D eigenvalue weighted by atomic mass is 16.7. The number of aromatic hydroxyl groups is 7. The van der Waals surface area contributed by atoms with Crippen LogP contribution in [-0.2, 0) is 15.9 Å². The molecule has 0 amide bonds. The molecule has 0 unspecified atom stereocenters. The molecule has 7 atom stereocenters. The van der Waals surface area contributed by atoms with Gasteiger partial charge in [-0.2, -0.15) is 0 Å². The molecule has 2 aliphatic heterocycles. The van der Waals surface area contributed by atoms with Crippen LogP contribution in [0.2, 0.25) is 0 Å². The summed E-state index contributed by atoms with van der Waals surface area (Å²) in [4.78, 5) is 13.2. The zero-order valence-corrected chi connectivity index (χ0v) is 22.4. The van der Waals surface area contributed by atoms with E-state index in [0.717, 1.165) is 30.3 Å². The zero-order chi connectivity index (χ0) is 32.0. The van der Waals surface area contributed by atoms with Crippen LogP contribution in [0.5, 0.6) is 51.7 Å². The van der Waals surface area contributed by atoms with Crippen LogP contribution in [-0.4, -0.2) is 106 Å². The predicted molar refractivity (Wildman–Crippen MR) is 142 cm³/mol. The number of aliphatic hydroxyl groups is 4. The van der Waals surface area contributed by atoms with Crippen LogP contribution < -0.4 is 9.47 Å². The molecular weight excluding hydrogens is 592 g/mol. The van der Waals surface area contributed by atoms with Crippen molar-refractivity contribution in [3.63, 3.8) is 0 Å². The van der Waals surface area contributed by atoms with Crippen molar-refractivity contribution in [2.45, 2.75) is 49.3 Å². The number of hydrogen-bond acceptors (Lipinski definition) is 16. The molecule has 236 valence electrons. The van der Waals surface area contributed by atoms with Gasteiger partial charge in [0, 0.05) is 29.7 Å². The Morgan fingerprint density at radius 1 is 0.795 bits per heavy atom. The normalized spacial score (nSPS) is 26.3. The van der Waals surface area contributed by atoms with E-state index >= 15 is 0 Å². The highest BCUT2D eigenvalue weighted by Crippen LogP contribution is 2.46. The average Bonchev–Trinajstić information content (AvgIpc) is 2.97. The van der Waals surface area contributed by atoms with Gasteiger partial charge in [-0.25, -0.2) is 4.79 Å². The van der Waals surface area contributed by atoms with Gasteiger partial charge in [0.05, 0.1) is 12.2 Å². The Balaban J connectivity index is 1.42. The van der Waals surface area contributed by atoms with Crippen molar-refractivity contribution < 1.29 is 79.9 Å². The SMILES string of the molecule is O=C(O[C@@H]1Cc2c(O)cc(O)cc2O[C@@H]1c1cc(O)c(O)c(O)c1)c1cc(O)c(O[C@@H]2O[C@H](CO)[C@@H](O)[C@H](O)[C@H]2O)c(O)c1. The van der Waals surface area contributed by atoms with E-state index < -0.39 is 95.6 Å². The van der Waals surface area contributed by atoms with E-state index in [9.17, 15) is 61.0 Å². The first-order chi connectivity index (χ1) is 20.8. The molecule has 3 aromatic rings. The average molecular weight is 621 g/mol. The molecule has 0 saturated carbocycles. The summed E-state index contributed by atoms with van der Waals surface area (Å²) in [5.41, 5.74) is -0.256. The van der Waals surface area contributed by atoms with Crippen molar-refractivity contribution in [1.29, 1.82) is 0 Å². The van der Waals surface area contributed by atoms with Crippen molar-refractivity contribution in [2.75, 3.05) is 6.61 Å². The molecule has 44 heavy (non-hydrogen) atoms. The van der Waals surface area contributed by atoms with Gasteiger partial charge in [-0.1, -0.05) is 0 Å². The third kappa shape index (κ3) is 5.59. The fraction of sp³-hybridized carbons (Fsp3) is 0.321. The van der Waals surface area contributed by atoms with Crippen LogP contribution in [0, 0.1) is 0 Å². The van der Waals surface area contributed by atoms with Crippen molar-refractivity contribution in [2.24, 2.45) is 0 Å². The Bertz CT molecular complexity index is 1530. The Morgan fingerprint density at radius 2 is 1.43 bits per heavy atom. The predicted octanol–water partition coefficient (Wildman–Crippen LogP) is -0.294. The van der Waals surface area contributed by atoms with Crippen molar-refractivity contribution in [3.8, 4) is 51.7 Å². The Kier molecular flexibility index (Phi) is 8.11. The molecule has 5 rings (SSSR count). The molecule has 3 aromatic carbocycles. The van der Waals surface area contributed by atoms with Crippen LogP contribution in [0.15, 0.2) is 36.4 Å². The van der Waals surface area contributed by atoms with Gasteiger partial charge in [-0.05, 0) is 24.3 Å². The second kappa shape index (κ2) is 11.7. The molecule has 2 aliphatic rings. The molecule has 16 heteroatoms. The first-order valence-corrected chi connectivity index (χ1v) is 13.0. The number of ether oxygens (including phenoxy) is 4. The number of fused-ring (bicyclic) bond motifs is 1. The Morgan fingerprint density at radius 3 is 2.05 bits per heavy atom. The van der Waals surface area contributed by atoms with Crippen LogP contribution in [0.1, 0.15) is 27.6 Å². The zero-order valence-electron chi connectivity index (χ0n) is 22.4. The molecule has 2 heterocycles. The van der Waals surface area contributed by atoms with Gasteiger partial charge in [-0.3, -0.25) is 0 Å². The van der Waals surface area contributed by atoms with E-state index in [1.807, 2.05) is 0 Å². The second-order valence-corrected chi connectivity index (χ2v) is 10.2. The number of benzene rings is 3. The molecule has 16 nitrogen and oxygen atoms in total. The van der Waals surface area contributed by atoms with Crippen LogP contribution in [0.3, 0.4) is 0 Å². The van der Waals surface area contributed by atoms with Crippen molar-refractivity contribution in [3.05, 3.63) is 53.1 Å². The first-order valence-electron chi connectivity index (χ1n) is 13.0. The lowest BCUT2D eigenvalue weighted by Gasteiger charge is -2.39. The summed E-state index contributed by atoms with van der Waals surface area (Å²) in [6.45, 7) is -0.758. The maximum Gasteiger partial charge on any atom is 0.338 e. The topological polar surface area (TPSA) is 277 Å². The van der Waals surface area contributed by atoms with Crippen LogP contribution >= 0.6 is 0 Å². The minimum Gasteiger partial charge on any atom is -0.508 e. The van der Waals surface area contributed by atoms with Gasteiger partial charge in [0.1, 0.15) is 47.8 Å². The summed E-state index contributed by atoms with van der Waals surface area (Å²) in [7, 11) is 0.